The SMILES string of the molecule is O=C(Nc1cnc(-n2cccn2)nc1)C1CCOC1. The van der Waals surface area contributed by atoms with Crippen LogP contribution in [-0.4, -0.2) is 38.9 Å². The largest absolute Gasteiger partial charge is 0.381 e. The van der Waals surface area contributed by atoms with Gasteiger partial charge in [-0.3, -0.25) is 4.79 Å². The fourth-order valence-electron chi connectivity index (χ4n) is 1.88. The summed E-state index contributed by atoms with van der Waals surface area (Å²) in [6.45, 7) is 1.13. The molecule has 1 unspecified atom stereocenters. The lowest BCUT2D eigenvalue weighted by Gasteiger charge is -2.08. The van der Waals surface area contributed by atoms with Crippen LogP contribution in [0.15, 0.2) is 30.9 Å². The van der Waals surface area contributed by atoms with Crippen LogP contribution in [0.3, 0.4) is 0 Å². The van der Waals surface area contributed by atoms with Crippen molar-refractivity contribution in [2.75, 3.05) is 18.5 Å². The molecule has 0 radical (unpaired) electrons. The lowest BCUT2D eigenvalue weighted by atomic mass is 10.1. The van der Waals surface area contributed by atoms with E-state index in [0.717, 1.165) is 6.42 Å². The highest BCUT2D eigenvalue weighted by Crippen LogP contribution is 2.15. The topological polar surface area (TPSA) is 81.9 Å². The number of anilines is 1. The molecule has 2 aromatic rings. The van der Waals surface area contributed by atoms with Gasteiger partial charge in [-0.15, -0.1) is 0 Å². The van der Waals surface area contributed by atoms with Gasteiger partial charge in [0.15, 0.2) is 0 Å². The lowest BCUT2D eigenvalue weighted by molar-refractivity contribution is -0.119. The quantitative estimate of drug-likeness (QED) is 0.874. The highest BCUT2D eigenvalue weighted by molar-refractivity contribution is 5.92. The van der Waals surface area contributed by atoms with Crippen LogP contribution in [0.4, 0.5) is 5.69 Å². The Bertz CT molecular complexity index is 546. The highest BCUT2D eigenvalue weighted by Gasteiger charge is 2.23. The summed E-state index contributed by atoms with van der Waals surface area (Å²) in [6, 6.07) is 1.79. The number of aromatic nitrogens is 4. The predicted octanol–water partition coefficient (Wildman–Crippen LogP) is 0.637. The van der Waals surface area contributed by atoms with Gasteiger partial charge >= 0.3 is 0 Å². The molecular weight excluding hydrogens is 246 g/mol. The van der Waals surface area contributed by atoms with Crippen LogP contribution < -0.4 is 5.32 Å². The standard InChI is InChI=1S/C12H13N5O2/c18-11(9-2-5-19-8-9)16-10-6-13-12(14-7-10)17-4-1-3-15-17/h1,3-4,6-7,9H,2,5,8H2,(H,16,18). The Balaban J connectivity index is 1.67. The first-order valence-corrected chi connectivity index (χ1v) is 6.03. The van der Waals surface area contributed by atoms with Gasteiger partial charge in [-0.25, -0.2) is 14.6 Å². The Morgan fingerprint density at radius 2 is 2.26 bits per heavy atom. The molecule has 1 aliphatic rings. The summed E-state index contributed by atoms with van der Waals surface area (Å²) in [5.74, 6) is 0.339. The molecular formula is C12H13N5O2. The fourth-order valence-corrected chi connectivity index (χ4v) is 1.88. The van der Waals surface area contributed by atoms with Gasteiger partial charge < -0.3 is 10.1 Å². The van der Waals surface area contributed by atoms with Gasteiger partial charge in [0, 0.05) is 19.0 Å². The van der Waals surface area contributed by atoms with E-state index in [2.05, 4.69) is 20.4 Å². The number of amides is 1. The number of ether oxygens (including phenoxy) is 1. The number of hydrogen-bond donors (Lipinski definition) is 1. The molecule has 0 saturated carbocycles. The number of nitrogens with one attached hydrogen (secondary N) is 1. The van der Waals surface area contributed by atoms with Gasteiger partial charge in [0.1, 0.15) is 0 Å². The third-order valence-electron chi connectivity index (χ3n) is 2.92. The third-order valence-corrected chi connectivity index (χ3v) is 2.92. The summed E-state index contributed by atoms with van der Waals surface area (Å²) in [7, 11) is 0. The third kappa shape index (κ3) is 2.60. The molecule has 0 aromatic carbocycles. The maximum absolute atomic E-state index is 11.9. The van der Waals surface area contributed by atoms with Crippen LogP contribution in [0.2, 0.25) is 0 Å². The second kappa shape index (κ2) is 5.15. The summed E-state index contributed by atoms with van der Waals surface area (Å²) in [4.78, 5) is 20.2. The minimum absolute atomic E-state index is 0.0482. The van der Waals surface area contributed by atoms with Crippen LogP contribution in [0.25, 0.3) is 5.95 Å². The minimum atomic E-state index is -0.0780. The van der Waals surface area contributed by atoms with Gasteiger partial charge in [0.05, 0.1) is 30.6 Å². The molecule has 1 saturated heterocycles. The highest BCUT2D eigenvalue weighted by atomic mass is 16.5. The molecule has 7 nitrogen and oxygen atoms in total. The molecule has 1 aliphatic heterocycles. The van der Waals surface area contributed by atoms with E-state index in [1.807, 2.05) is 0 Å². The van der Waals surface area contributed by atoms with Crippen LogP contribution in [0, 0.1) is 5.92 Å². The van der Waals surface area contributed by atoms with E-state index in [9.17, 15) is 4.79 Å². The minimum Gasteiger partial charge on any atom is -0.381 e. The fraction of sp³-hybridized carbons (Fsp3) is 0.333. The number of carbonyl (C=O) groups excluding carboxylic acids is 1. The zero-order chi connectivity index (χ0) is 13.1. The van der Waals surface area contributed by atoms with Gasteiger partial charge in [-0.05, 0) is 12.5 Å². The molecule has 3 rings (SSSR count). The van der Waals surface area contributed by atoms with Gasteiger partial charge in [-0.1, -0.05) is 0 Å². The van der Waals surface area contributed by atoms with Crippen molar-refractivity contribution in [1.82, 2.24) is 19.7 Å². The average Bonchev–Trinajstić information content (AvgIpc) is 3.13. The van der Waals surface area contributed by atoms with Crippen LogP contribution in [-0.2, 0) is 9.53 Å². The van der Waals surface area contributed by atoms with E-state index in [4.69, 9.17) is 4.74 Å². The van der Waals surface area contributed by atoms with Gasteiger partial charge in [-0.2, -0.15) is 5.10 Å². The Morgan fingerprint density at radius 1 is 1.42 bits per heavy atom. The summed E-state index contributed by atoms with van der Waals surface area (Å²) >= 11 is 0. The summed E-state index contributed by atoms with van der Waals surface area (Å²) < 4.78 is 6.73. The van der Waals surface area contributed by atoms with Crippen molar-refractivity contribution in [2.24, 2.45) is 5.92 Å². The first kappa shape index (κ1) is 11.8. The van der Waals surface area contributed by atoms with Gasteiger partial charge in [0.2, 0.25) is 5.91 Å². The number of nitrogens with zero attached hydrogens (tertiary/aromatic N) is 4. The molecule has 1 N–H and O–H groups in total. The van der Waals surface area contributed by atoms with Crippen molar-refractivity contribution < 1.29 is 9.53 Å². The van der Waals surface area contributed by atoms with Crippen molar-refractivity contribution in [3.63, 3.8) is 0 Å². The molecule has 7 heteroatoms. The summed E-state index contributed by atoms with van der Waals surface area (Å²) in [6.07, 6.45) is 7.30. The molecule has 19 heavy (non-hydrogen) atoms. The van der Waals surface area contributed by atoms with Crippen LogP contribution in [0.1, 0.15) is 6.42 Å². The first-order valence-electron chi connectivity index (χ1n) is 6.03. The Kier molecular flexibility index (Phi) is 3.20. The molecule has 1 atom stereocenters. The van der Waals surface area contributed by atoms with E-state index in [1.54, 1.807) is 35.5 Å². The average molecular weight is 259 g/mol. The smallest absolute Gasteiger partial charge is 0.250 e. The normalized spacial score (nSPS) is 18.4. The Morgan fingerprint density at radius 3 is 2.89 bits per heavy atom. The maximum Gasteiger partial charge on any atom is 0.250 e. The molecule has 0 spiro atoms. The second-order valence-corrected chi connectivity index (χ2v) is 4.27. The van der Waals surface area contributed by atoms with Crippen molar-refractivity contribution in [2.45, 2.75) is 6.42 Å². The van der Waals surface area contributed by atoms with E-state index in [1.165, 1.54) is 0 Å². The molecule has 98 valence electrons. The molecule has 3 heterocycles. The molecule has 0 aliphatic carbocycles. The number of carbonyl (C=O) groups is 1. The van der Waals surface area contributed by atoms with Crippen molar-refractivity contribution in [1.29, 1.82) is 0 Å². The maximum atomic E-state index is 11.9. The summed E-state index contributed by atoms with van der Waals surface area (Å²) in [5.41, 5.74) is 0.577. The second-order valence-electron chi connectivity index (χ2n) is 4.27. The zero-order valence-corrected chi connectivity index (χ0v) is 10.2. The number of rotatable bonds is 3. The molecule has 0 bridgehead atoms. The monoisotopic (exact) mass is 259 g/mol. The zero-order valence-electron chi connectivity index (χ0n) is 10.2. The Labute approximate surface area is 109 Å². The van der Waals surface area contributed by atoms with E-state index >= 15 is 0 Å². The van der Waals surface area contributed by atoms with Crippen LogP contribution >= 0.6 is 0 Å². The molecule has 1 amide bonds. The predicted molar refractivity (Wildman–Crippen MR) is 66.7 cm³/mol. The van der Waals surface area contributed by atoms with Crippen molar-refractivity contribution in [3.05, 3.63) is 30.9 Å². The molecule has 2 aromatic heterocycles. The van der Waals surface area contributed by atoms with Crippen molar-refractivity contribution in [3.8, 4) is 5.95 Å². The Hall–Kier alpha value is -2.28. The van der Waals surface area contributed by atoms with Crippen LogP contribution in [0.5, 0.6) is 0 Å². The first-order chi connectivity index (χ1) is 9.33. The van der Waals surface area contributed by atoms with E-state index in [-0.39, 0.29) is 11.8 Å². The number of hydrogen-bond acceptors (Lipinski definition) is 5. The van der Waals surface area contributed by atoms with Crippen molar-refractivity contribution >= 4 is 11.6 Å². The molecule has 1 fully saturated rings. The van der Waals surface area contributed by atoms with E-state index < -0.39 is 0 Å². The lowest BCUT2D eigenvalue weighted by Crippen LogP contribution is -2.23. The summed E-state index contributed by atoms with van der Waals surface area (Å²) in [5, 5.41) is 6.81. The van der Waals surface area contributed by atoms with Gasteiger partial charge in [0.25, 0.3) is 5.95 Å². The van der Waals surface area contributed by atoms with E-state index in [0.29, 0.717) is 24.8 Å².